The fourth-order valence-electron chi connectivity index (χ4n) is 5.99. The minimum Gasteiger partial charge on any atom is -0.335 e. The molecule has 2 amide bonds. The van der Waals surface area contributed by atoms with Crippen LogP contribution in [0.25, 0.3) is 0 Å². The van der Waals surface area contributed by atoms with E-state index in [2.05, 4.69) is 35.3 Å². The van der Waals surface area contributed by atoms with Crippen LogP contribution in [-0.2, 0) is 12.0 Å². The van der Waals surface area contributed by atoms with Crippen LogP contribution in [0.1, 0.15) is 61.6 Å². The molecule has 0 unspecified atom stereocenters. The lowest BCUT2D eigenvalue weighted by molar-refractivity contribution is 0.159. The number of aryl methyl sites for hydroxylation is 1. The Bertz CT molecular complexity index is 1010. The molecule has 1 aliphatic carbocycles. The number of amides is 2. The molecule has 0 atom stereocenters. The Balaban J connectivity index is 1.31. The normalized spacial score (nSPS) is 20.8. The first-order chi connectivity index (χ1) is 15.9. The molecule has 4 nitrogen and oxygen atoms in total. The molecule has 1 saturated heterocycles. The number of benzene rings is 2. The van der Waals surface area contributed by atoms with E-state index in [-0.39, 0.29) is 17.5 Å². The largest absolute Gasteiger partial charge is 0.335 e. The van der Waals surface area contributed by atoms with Crippen molar-refractivity contribution in [1.82, 2.24) is 10.2 Å². The molecule has 33 heavy (non-hydrogen) atoms. The molecule has 2 aromatic carbocycles. The molecule has 2 aromatic rings. The third kappa shape index (κ3) is 4.63. The first-order valence-corrected chi connectivity index (χ1v) is 12.3. The van der Waals surface area contributed by atoms with E-state index in [9.17, 15) is 13.6 Å². The zero-order valence-electron chi connectivity index (χ0n) is 19.4. The number of urea groups is 1. The lowest BCUT2D eigenvalue weighted by Crippen LogP contribution is -2.49. The summed E-state index contributed by atoms with van der Waals surface area (Å²) in [4.78, 5) is 17.5. The van der Waals surface area contributed by atoms with Crippen molar-refractivity contribution in [3.63, 3.8) is 0 Å². The monoisotopic (exact) mass is 453 g/mol. The predicted octanol–water partition coefficient (Wildman–Crippen LogP) is 5.67. The number of carbonyl (C=O) groups excluding carboxylic acids is 1. The molecule has 5 rings (SSSR count). The number of nitrogens with zero attached hydrogens (tertiary/aromatic N) is 2. The van der Waals surface area contributed by atoms with Crippen LogP contribution < -0.4 is 10.2 Å². The summed E-state index contributed by atoms with van der Waals surface area (Å²) in [6.45, 7) is 5.02. The number of rotatable bonds is 3. The molecule has 1 spiro atoms. The number of hydrogen-bond donors (Lipinski definition) is 1. The van der Waals surface area contributed by atoms with E-state index in [0.29, 0.717) is 18.7 Å². The summed E-state index contributed by atoms with van der Waals surface area (Å²) in [5, 5.41) is 3.30. The SMILES string of the molecule is Cc1ccc2c(c1)C1(CCN(Cc3cc(F)cc(F)c3)CC1)CN2C(=O)NC1CCCCC1. The highest BCUT2D eigenvalue weighted by Gasteiger charge is 2.46. The summed E-state index contributed by atoms with van der Waals surface area (Å²) in [6, 6.07) is 10.5. The Morgan fingerprint density at radius 1 is 1.03 bits per heavy atom. The fourth-order valence-corrected chi connectivity index (χ4v) is 5.99. The van der Waals surface area contributed by atoms with E-state index >= 15 is 0 Å². The van der Waals surface area contributed by atoms with Gasteiger partial charge in [-0.1, -0.05) is 37.0 Å². The van der Waals surface area contributed by atoms with Crippen molar-refractivity contribution in [2.24, 2.45) is 0 Å². The summed E-state index contributed by atoms with van der Waals surface area (Å²) in [5.41, 5.74) is 4.13. The number of likely N-dealkylation sites (tertiary alicyclic amines) is 1. The summed E-state index contributed by atoms with van der Waals surface area (Å²) in [7, 11) is 0. The summed E-state index contributed by atoms with van der Waals surface area (Å²) in [5.74, 6) is -1.06. The third-order valence-electron chi connectivity index (χ3n) is 7.79. The van der Waals surface area contributed by atoms with Crippen LogP contribution in [0.2, 0.25) is 0 Å². The van der Waals surface area contributed by atoms with E-state index < -0.39 is 11.6 Å². The number of anilines is 1. The zero-order chi connectivity index (χ0) is 23.0. The van der Waals surface area contributed by atoms with Crippen LogP contribution in [0.3, 0.4) is 0 Å². The first kappa shape index (κ1) is 22.3. The summed E-state index contributed by atoms with van der Waals surface area (Å²) >= 11 is 0. The Labute approximate surface area is 195 Å². The van der Waals surface area contributed by atoms with Gasteiger partial charge in [-0.2, -0.15) is 0 Å². The average Bonchev–Trinajstić information content (AvgIpc) is 3.09. The highest BCUT2D eigenvalue weighted by Crippen LogP contribution is 2.47. The van der Waals surface area contributed by atoms with Gasteiger partial charge in [0.25, 0.3) is 0 Å². The van der Waals surface area contributed by atoms with Crippen LogP contribution in [0.15, 0.2) is 36.4 Å². The maximum Gasteiger partial charge on any atom is 0.322 e. The molecular weight excluding hydrogens is 420 g/mol. The van der Waals surface area contributed by atoms with Gasteiger partial charge in [0, 0.05) is 36.3 Å². The average molecular weight is 454 g/mol. The van der Waals surface area contributed by atoms with Crippen molar-refractivity contribution in [3.05, 3.63) is 64.7 Å². The van der Waals surface area contributed by atoms with Crippen molar-refractivity contribution in [3.8, 4) is 0 Å². The van der Waals surface area contributed by atoms with Gasteiger partial charge >= 0.3 is 6.03 Å². The van der Waals surface area contributed by atoms with E-state index in [1.807, 2.05) is 4.90 Å². The Kier molecular flexibility index (Phi) is 6.12. The van der Waals surface area contributed by atoms with Crippen LogP contribution in [0.5, 0.6) is 0 Å². The maximum absolute atomic E-state index is 13.6. The third-order valence-corrected chi connectivity index (χ3v) is 7.79. The molecule has 0 radical (unpaired) electrons. The highest BCUT2D eigenvalue weighted by atomic mass is 19.1. The van der Waals surface area contributed by atoms with Crippen molar-refractivity contribution in [1.29, 1.82) is 0 Å². The van der Waals surface area contributed by atoms with Gasteiger partial charge in [-0.15, -0.1) is 0 Å². The van der Waals surface area contributed by atoms with E-state index in [1.54, 1.807) is 0 Å². The van der Waals surface area contributed by atoms with Gasteiger partial charge in [-0.25, -0.2) is 13.6 Å². The molecule has 1 N–H and O–H groups in total. The van der Waals surface area contributed by atoms with Crippen molar-refractivity contribution < 1.29 is 13.6 Å². The number of carbonyl (C=O) groups is 1. The maximum atomic E-state index is 13.6. The zero-order valence-corrected chi connectivity index (χ0v) is 19.4. The molecule has 0 bridgehead atoms. The van der Waals surface area contributed by atoms with Crippen molar-refractivity contribution in [2.45, 2.75) is 69.9 Å². The Morgan fingerprint density at radius 3 is 2.42 bits per heavy atom. The second-order valence-electron chi connectivity index (χ2n) is 10.2. The standard InChI is InChI=1S/C27H33F2N3O/c1-19-7-8-25-24(13-19)27(18-32(25)26(33)30-23-5-3-2-4-6-23)9-11-31(12-10-27)17-20-14-21(28)16-22(29)15-20/h7-8,13-16,23H,2-6,9-12,17-18H2,1H3,(H,30,33). The Morgan fingerprint density at radius 2 is 1.73 bits per heavy atom. The first-order valence-electron chi connectivity index (χ1n) is 12.3. The summed E-state index contributed by atoms with van der Waals surface area (Å²) in [6.07, 6.45) is 7.64. The van der Waals surface area contributed by atoms with Gasteiger partial charge < -0.3 is 5.32 Å². The predicted molar refractivity (Wildman–Crippen MR) is 126 cm³/mol. The number of halogens is 2. The van der Waals surface area contributed by atoms with Gasteiger partial charge in [-0.05, 0) is 75.0 Å². The van der Waals surface area contributed by atoms with Gasteiger partial charge in [0.2, 0.25) is 0 Å². The van der Waals surface area contributed by atoms with Gasteiger partial charge in [0.15, 0.2) is 0 Å². The molecule has 2 heterocycles. The summed E-state index contributed by atoms with van der Waals surface area (Å²) < 4.78 is 27.2. The number of nitrogens with one attached hydrogen (secondary N) is 1. The number of fused-ring (bicyclic) bond motifs is 2. The molecule has 0 aromatic heterocycles. The lowest BCUT2D eigenvalue weighted by Gasteiger charge is -2.40. The lowest BCUT2D eigenvalue weighted by atomic mass is 9.74. The molecule has 176 valence electrons. The Hall–Kier alpha value is -2.47. The molecule has 6 heteroatoms. The minimum absolute atomic E-state index is 0.0292. The van der Waals surface area contributed by atoms with Gasteiger partial charge in [0.05, 0.1) is 0 Å². The highest BCUT2D eigenvalue weighted by molar-refractivity contribution is 5.95. The molecular formula is C27H33F2N3O. The van der Waals surface area contributed by atoms with Crippen LogP contribution in [0.4, 0.5) is 19.3 Å². The fraction of sp³-hybridized carbons (Fsp3) is 0.519. The number of piperidine rings is 1. The van der Waals surface area contributed by atoms with Gasteiger partial charge in [-0.3, -0.25) is 9.80 Å². The van der Waals surface area contributed by atoms with Crippen LogP contribution in [0, 0.1) is 18.6 Å². The molecule has 2 fully saturated rings. The van der Waals surface area contributed by atoms with Crippen molar-refractivity contribution >= 4 is 11.7 Å². The van der Waals surface area contributed by atoms with Crippen LogP contribution >= 0.6 is 0 Å². The minimum atomic E-state index is -0.529. The molecule has 2 aliphatic heterocycles. The molecule has 3 aliphatic rings. The van der Waals surface area contributed by atoms with Crippen LogP contribution in [-0.4, -0.2) is 36.6 Å². The molecule has 1 saturated carbocycles. The second kappa shape index (κ2) is 9.05. The topological polar surface area (TPSA) is 35.6 Å². The van der Waals surface area contributed by atoms with Crippen molar-refractivity contribution in [2.75, 3.05) is 24.5 Å². The van der Waals surface area contributed by atoms with E-state index in [0.717, 1.165) is 50.5 Å². The van der Waals surface area contributed by atoms with E-state index in [1.165, 1.54) is 42.5 Å². The quantitative estimate of drug-likeness (QED) is 0.650. The van der Waals surface area contributed by atoms with E-state index in [4.69, 9.17) is 0 Å². The second-order valence-corrected chi connectivity index (χ2v) is 10.2. The smallest absolute Gasteiger partial charge is 0.322 e. The van der Waals surface area contributed by atoms with Gasteiger partial charge in [0.1, 0.15) is 11.6 Å². The number of hydrogen-bond acceptors (Lipinski definition) is 2.